The fourth-order valence-electron chi connectivity index (χ4n) is 3.34. The Hall–Kier alpha value is -4.00. The van der Waals surface area contributed by atoms with Gasteiger partial charge in [-0.25, -0.2) is 4.79 Å². The van der Waals surface area contributed by atoms with Gasteiger partial charge in [0.05, 0.1) is 11.6 Å². The highest BCUT2D eigenvalue weighted by Crippen LogP contribution is 2.32. The molecule has 0 N–H and O–H groups in total. The third-order valence-corrected chi connectivity index (χ3v) is 4.72. The maximum Gasteiger partial charge on any atom is 0.344 e. The van der Waals surface area contributed by atoms with Gasteiger partial charge in [-0.1, -0.05) is 24.3 Å². The number of rotatable bonds is 8. The molecular weight excluding hydrogens is 412 g/mol. The van der Waals surface area contributed by atoms with Gasteiger partial charge in [-0.15, -0.1) is 0 Å². The molecule has 0 radical (unpaired) electrons. The molecule has 0 saturated heterocycles. The molecule has 0 aliphatic carbocycles. The smallest absolute Gasteiger partial charge is 0.344 e. The Bertz CT molecular complexity index is 1270. The van der Waals surface area contributed by atoms with Crippen LogP contribution in [-0.2, 0) is 9.53 Å². The first-order chi connectivity index (χ1) is 15.5. The molecule has 164 valence electrons. The molecule has 0 unspecified atom stereocenters. The highest BCUT2D eigenvalue weighted by atomic mass is 16.6. The molecule has 32 heavy (non-hydrogen) atoms. The highest BCUT2D eigenvalue weighted by molar-refractivity contribution is 5.84. The SMILES string of the molecule is Cc1cc(C)c2oc(-c3ccco3)c(OCC(=O)OCCOc3ccccc3)c(=O)c2c1. The summed E-state index contributed by atoms with van der Waals surface area (Å²) in [7, 11) is 0. The minimum absolute atomic E-state index is 0.0485. The molecule has 7 heteroatoms. The molecule has 2 aromatic carbocycles. The maximum absolute atomic E-state index is 13.2. The first kappa shape index (κ1) is 21.2. The maximum atomic E-state index is 13.2. The summed E-state index contributed by atoms with van der Waals surface area (Å²) in [6.07, 6.45) is 1.46. The zero-order valence-corrected chi connectivity index (χ0v) is 17.8. The second-order valence-electron chi connectivity index (χ2n) is 7.20. The fraction of sp³-hybridized carbons (Fsp3) is 0.200. The van der Waals surface area contributed by atoms with E-state index in [1.165, 1.54) is 6.26 Å². The van der Waals surface area contributed by atoms with E-state index in [0.29, 0.717) is 22.5 Å². The lowest BCUT2D eigenvalue weighted by molar-refractivity contribution is -0.146. The molecular formula is C25H22O7. The number of esters is 1. The Morgan fingerprint density at radius 1 is 0.969 bits per heavy atom. The van der Waals surface area contributed by atoms with Crippen molar-refractivity contribution in [1.82, 2.24) is 0 Å². The molecule has 2 aromatic heterocycles. The lowest BCUT2D eigenvalue weighted by Gasteiger charge is -2.12. The molecule has 0 spiro atoms. The van der Waals surface area contributed by atoms with E-state index in [2.05, 4.69) is 0 Å². The van der Waals surface area contributed by atoms with Crippen molar-refractivity contribution < 1.29 is 27.8 Å². The van der Waals surface area contributed by atoms with Gasteiger partial charge in [0.15, 0.2) is 12.4 Å². The summed E-state index contributed by atoms with van der Waals surface area (Å²) in [4.78, 5) is 25.3. The van der Waals surface area contributed by atoms with E-state index < -0.39 is 12.6 Å². The van der Waals surface area contributed by atoms with Crippen LogP contribution in [0.15, 0.2) is 74.5 Å². The summed E-state index contributed by atoms with van der Waals surface area (Å²) in [6.45, 7) is 3.54. The van der Waals surface area contributed by atoms with Crippen LogP contribution in [0.25, 0.3) is 22.5 Å². The molecule has 0 bridgehead atoms. The van der Waals surface area contributed by atoms with E-state index in [0.717, 1.165) is 11.1 Å². The second-order valence-corrected chi connectivity index (χ2v) is 7.20. The lowest BCUT2D eigenvalue weighted by atomic mass is 10.1. The topological polar surface area (TPSA) is 88.1 Å². The molecule has 0 amide bonds. The highest BCUT2D eigenvalue weighted by Gasteiger charge is 2.22. The average molecular weight is 434 g/mol. The van der Waals surface area contributed by atoms with Crippen molar-refractivity contribution in [2.24, 2.45) is 0 Å². The zero-order valence-electron chi connectivity index (χ0n) is 17.8. The molecule has 4 aromatic rings. The van der Waals surface area contributed by atoms with Gasteiger partial charge in [0, 0.05) is 0 Å². The van der Waals surface area contributed by atoms with E-state index in [-0.39, 0.29) is 30.2 Å². The van der Waals surface area contributed by atoms with Gasteiger partial charge in [0.2, 0.25) is 16.9 Å². The molecule has 0 saturated carbocycles. The van der Waals surface area contributed by atoms with Gasteiger partial charge in [-0.05, 0) is 55.3 Å². The van der Waals surface area contributed by atoms with Crippen molar-refractivity contribution >= 4 is 16.9 Å². The summed E-state index contributed by atoms with van der Waals surface area (Å²) in [5, 5.41) is 0.373. The third kappa shape index (κ3) is 4.67. The summed E-state index contributed by atoms with van der Waals surface area (Å²) >= 11 is 0. The largest absolute Gasteiger partial charge is 0.490 e. The van der Waals surface area contributed by atoms with Crippen LogP contribution >= 0.6 is 0 Å². The normalized spacial score (nSPS) is 10.8. The number of aryl methyl sites for hydroxylation is 2. The number of fused-ring (bicyclic) bond motifs is 1. The van der Waals surface area contributed by atoms with Crippen LogP contribution in [0.1, 0.15) is 11.1 Å². The van der Waals surface area contributed by atoms with E-state index in [4.69, 9.17) is 23.0 Å². The Kier molecular flexibility index (Phi) is 6.26. The minimum atomic E-state index is -0.632. The Balaban J connectivity index is 1.49. The van der Waals surface area contributed by atoms with Gasteiger partial charge >= 0.3 is 5.97 Å². The summed E-state index contributed by atoms with van der Waals surface area (Å²) in [6, 6.07) is 16.2. The number of carbonyl (C=O) groups is 1. The van der Waals surface area contributed by atoms with Crippen molar-refractivity contribution in [1.29, 1.82) is 0 Å². The molecule has 0 aliphatic rings. The molecule has 2 heterocycles. The standard InChI is InChI=1S/C25H22O7/c1-16-13-17(2)23-19(14-16)22(27)25(24(32-23)20-9-6-10-29-20)31-15-21(26)30-12-11-28-18-7-4-3-5-8-18/h3-10,13-14H,11-12,15H2,1-2H3. The van der Waals surface area contributed by atoms with Crippen LogP contribution in [0, 0.1) is 13.8 Å². The number of hydrogen-bond donors (Lipinski definition) is 0. The van der Waals surface area contributed by atoms with Crippen LogP contribution in [0.4, 0.5) is 0 Å². The zero-order chi connectivity index (χ0) is 22.5. The van der Waals surface area contributed by atoms with Gasteiger partial charge in [-0.2, -0.15) is 0 Å². The predicted molar refractivity (Wildman–Crippen MR) is 118 cm³/mol. The van der Waals surface area contributed by atoms with Crippen molar-refractivity contribution in [3.63, 3.8) is 0 Å². The molecule has 0 aliphatic heterocycles. The summed E-state index contributed by atoms with van der Waals surface area (Å²) < 4.78 is 27.6. The van der Waals surface area contributed by atoms with E-state index in [9.17, 15) is 9.59 Å². The first-order valence-corrected chi connectivity index (χ1v) is 10.1. The minimum Gasteiger partial charge on any atom is -0.490 e. The van der Waals surface area contributed by atoms with E-state index in [1.807, 2.05) is 50.2 Å². The van der Waals surface area contributed by atoms with Crippen LogP contribution in [-0.4, -0.2) is 25.8 Å². The Labute approximate surface area is 184 Å². The quantitative estimate of drug-likeness (QED) is 0.294. The van der Waals surface area contributed by atoms with Crippen molar-refractivity contribution in [3.8, 4) is 23.0 Å². The van der Waals surface area contributed by atoms with Gasteiger partial charge < -0.3 is 23.0 Å². The van der Waals surface area contributed by atoms with E-state index >= 15 is 0 Å². The van der Waals surface area contributed by atoms with Crippen LogP contribution in [0.3, 0.4) is 0 Å². The number of para-hydroxylation sites is 1. The molecule has 0 atom stereocenters. The van der Waals surface area contributed by atoms with Crippen molar-refractivity contribution in [2.75, 3.05) is 19.8 Å². The number of hydrogen-bond acceptors (Lipinski definition) is 7. The Morgan fingerprint density at radius 2 is 1.78 bits per heavy atom. The predicted octanol–water partition coefficient (Wildman–Crippen LogP) is 4.67. The first-order valence-electron chi connectivity index (χ1n) is 10.1. The lowest BCUT2D eigenvalue weighted by Crippen LogP contribution is -2.21. The van der Waals surface area contributed by atoms with Gasteiger partial charge in [0.1, 0.15) is 24.5 Å². The van der Waals surface area contributed by atoms with Crippen LogP contribution in [0.5, 0.6) is 11.5 Å². The number of benzene rings is 2. The average Bonchev–Trinajstić information content (AvgIpc) is 3.32. The number of ether oxygens (including phenoxy) is 3. The number of carbonyl (C=O) groups excluding carboxylic acids is 1. The van der Waals surface area contributed by atoms with Gasteiger partial charge in [0.25, 0.3) is 0 Å². The molecule has 4 rings (SSSR count). The van der Waals surface area contributed by atoms with E-state index in [1.54, 1.807) is 18.2 Å². The van der Waals surface area contributed by atoms with Crippen molar-refractivity contribution in [2.45, 2.75) is 13.8 Å². The monoisotopic (exact) mass is 434 g/mol. The van der Waals surface area contributed by atoms with Crippen molar-refractivity contribution in [3.05, 3.63) is 82.2 Å². The summed E-state index contributed by atoms with van der Waals surface area (Å²) in [5.41, 5.74) is 1.79. The number of furan rings is 1. The molecule has 7 nitrogen and oxygen atoms in total. The third-order valence-electron chi connectivity index (χ3n) is 4.72. The Morgan fingerprint density at radius 3 is 2.53 bits per heavy atom. The summed E-state index contributed by atoms with van der Waals surface area (Å²) in [5.74, 6) is 0.396. The fourth-order valence-corrected chi connectivity index (χ4v) is 3.34. The molecule has 0 fully saturated rings. The van der Waals surface area contributed by atoms with Gasteiger partial charge in [-0.3, -0.25) is 4.79 Å². The van der Waals surface area contributed by atoms with Crippen LogP contribution < -0.4 is 14.9 Å². The van der Waals surface area contributed by atoms with Crippen LogP contribution in [0.2, 0.25) is 0 Å². The second kappa shape index (κ2) is 9.43.